The van der Waals surface area contributed by atoms with Crippen LogP contribution >= 0.6 is 0 Å². The summed E-state index contributed by atoms with van der Waals surface area (Å²) in [4.78, 5) is 13.0. The number of rotatable bonds is 3. The monoisotopic (exact) mass is 378 g/mol. The van der Waals surface area contributed by atoms with Gasteiger partial charge in [0.15, 0.2) is 5.78 Å². The minimum absolute atomic E-state index is 0.0655. The fraction of sp³-hybridized carbons (Fsp3) is 0.250. The predicted molar refractivity (Wildman–Crippen MR) is 93.4 cm³/mol. The van der Waals surface area contributed by atoms with Crippen molar-refractivity contribution in [3.05, 3.63) is 58.7 Å². The summed E-state index contributed by atoms with van der Waals surface area (Å²) in [5.41, 5.74) is -0.470. The van der Waals surface area contributed by atoms with Crippen molar-refractivity contribution in [3.8, 4) is 17.2 Å². The quantitative estimate of drug-likeness (QED) is 0.722. The first-order valence-corrected chi connectivity index (χ1v) is 8.15. The molecule has 1 aliphatic heterocycles. The molecule has 0 bridgehead atoms. The second-order valence-corrected chi connectivity index (χ2v) is 5.88. The number of hydrogen-bond acceptors (Lipinski definition) is 4. The molecular weight excluding hydrogens is 361 g/mol. The highest BCUT2D eigenvalue weighted by Gasteiger charge is 2.33. The molecule has 0 unspecified atom stereocenters. The molecular formula is C20H17F3O4. The van der Waals surface area contributed by atoms with E-state index in [0.717, 1.165) is 6.07 Å². The Balaban J connectivity index is 2.11. The van der Waals surface area contributed by atoms with Gasteiger partial charge in [0.05, 0.1) is 26.4 Å². The van der Waals surface area contributed by atoms with Crippen LogP contribution in [0.2, 0.25) is 0 Å². The van der Waals surface area contributed by atoms with Gasteiger partial charge in [-0.1, -0.05) is 18.2 Å². The number of ketones is 1. The summed E-state index contributed by atoms with van der Waals surface area (Å²) in [6.45, 7) is 0.148. The number of fused-ring (bicyclic) bond motifs is 1. The van der Waals surface area contributed by atoms with E-state index in [2.05, 4.69) is 0 Å². The maximum absolute atomic E-state index is 13.2. The Morgan fingerprint density at radius 1 is 1.11 bits per heavy atom. The van der Waals surface area contributed by atoms with E-state index in [-0.39, 0.29) is 41.2 Å². The van der Waals surface area contributed by atoms with Crippen LogP contribution in [-0.4, -0.2) is 26.6 Å². The van der Waals surface area contributed by atoms with Crippen molar-refractivity contribution in [2.45, 2.75) is 12.6 Å². The Morgan fingerprint density at radius 2 is 1.85 bits per heavy atom. The molecule has 1 aliphatic rings. The van der Waals surface area contributed by atoms with Crippen molar-refractivity contribution >= 4 is 11.9 Å². The van der Waals surface area contributed by atoms with Gasteiger partial charge < -0.3 is 14.2 Å². The fourth-order valence-electron chi connectivity index (χ4n) is 2.93. The molecule has 0 atom stereocenters. The smallest absolute Gasteiger partial charge is 0.416 e. The van der Waals surface area contributed by atoms with Crippen molar-refractivity contribution < 1.29 is 32.2 Å². The molecule has 1 heterocycles. The molecule has 0 aliphatic carbocycles. The lowest BCUT2D eigenvalue weighted by atomic mass is 9.96. The van der Waals surface area contributed by atoms with Crippen LogP contribution in [0.1, 0.15) is 27.9 Å². The summed E-state index contributed by atoms with van der Waals surface area (Å²) in [6, 6.07) is 8.23. The summed E-state index contributed by atoms with van der Waals surface area (Å²) in [5.74, 6) is 0.544. The molecule has 2 aromatic carbocycles. The van der Waals surface area contributed by atoms with Gasteiger partial charge in [0.2, 0.25) is 0 Å². The zero-order valence-corrected chi connectivity index (χ0v) is 14.7. The molecule has 0 N–H and O–H groups in total. The molecule has 27 heavy (non-hydrogen) atoms. The largest absolute Gasteiger partial charge is 0.496 e. The lowest BCUT2D eigenvalue weighted by Crippen LogP contribution is -2.09. The van der Waals surface area contributed by atoms with Gasteiger partial charge >= 0.3 is 6.18 Å². The number of hydrogen-bond donors (Lipinski definition) is 0. The lowest BCUT2D eigenvalue weighted by molar-refractivity contribution is -0.137. The maximum atomic E-state index is 13.2. The summed E-state index contributed by atoms with van der Waals surface area (Å²) in [7, 11) is 2.87. The zero-order chi connectivity index (χ0) is 19.6. The van der Waals surface area contributed by atoms with Crippen molar-refractivity contribution in [2.75, 3.05) is 20.8 Å². The standard InChI is InChI=1S/C20H17F3O4/c1-25-14-10-16(26-2)18-17(11-14)27-8-7-13(19(18)24)9-12-5-3-4-6-15(12)20(21,22)23/h3-6,9-11H,7-8H2,1-2H3/b13-9+. The van der Waals surface area contributed by atoms with E-state index in [9.17, 15) is 18.0 Å². The third-order valence-electron chi connectivity index (χ3n) is 4.24. The zero-order valence-electron chi connectivity index (χ0n) is 14.7. The SMILES string of the molecule is COc1cc(OC)c2c(c1)OCC/C(=C\c1ccccc1C(F)(F)F)C2=O. The number of halogens is 3. The molecule has 7 heteroatoms. The number of Topliss-reactive ketones (excluding diaryl/α,β-unsaturated/α-hetero) is 1. The average Bonchev–Trinajstić information content (AvgIpc) is 2.80. The van der Waals surface area contributed by atoms with E-state index in [1.807, 2.05) is 0 Å². The van der Waals surface area contributed by atoms with E-state index in [1.54, 1.807) is 6.07 Å². The number of carbonyl (C=O) groups excluding carboxylic acids is 1. The Kier molecular flexibility index (Phi) is 5.12. The summed E-state index contributed by atoms with van der Waals surface area (Å²) < 4.78 is 55.8. The van der Waals surface area contributed by atoms with Crippen molar-refractivity contribution in [3.63, 3.8) is 0 Å². The van der Waals surface area contributed by atoms with Gasteiger partial charge in [-0.3, -0.25) is 4.79 Å². The number of ether oxygens (including phenoxy) is 3. The highest BCUT2D eigenvalue weighted by Crippen LogP contribution is 2.39. The third-order valence-corrected chi connectivity index (χ3v) is 4.24. The molecule has 142 valence electrons. The van der Waals surface area contributed by atoms with Crippen molar-refractivity contribution in [1.82, 2.24) is 0 Å². The molecule has 0 aromatic heterocycles. The number of alkyl halides is 3. The Bertz CT molecular complexity index is 901. The highest BCUT2D eigenvalue weighted by molar-refractivity contribution is 6.15. The normalized spacial score (nSPS) is 15.7. The van der Waals surface area contributed by atoms with Crippen LogP contribution in [0, 0.1) is 0 Å². The molecule has 3 rings (SSSR count). The second kappa shape index (κ2) is 7.34. The summed E-state index contributed by atoms with van der Waals surface area (Å²) >= 11 is 0. The average molecular weight is 378 g/mol. The highest BCUT2D eigenvalue weighted by atomic mass is 19.4. The predicted octanol–water partition coefficient (Wildman–Crippen LogP) is 4.77. The van der Waals surface area contributed by atoms with E-state index in [4.69, 9.17) is 14.2 Å². The molecule has 0 fully saturated rings. The Labute approximate surface area is 154 Å². The molecule has 0 saturated carbocycles. The second-order valence-electron chi connectivity index (χ2n) is 5.88. The molecule has 0 radical (unpaired) electrons. The maximum Gasteiger partial charge on any atom is 0.416 e. The number of methoxy groups -OCH3 is 2. The first-order chi connectivity index (χ1) is 12.8. The van der Waals surface area contributed by atoms with Gasteiger partial charge in [0.1, 0.15) is 22.8 Å². The minimum Gasteiger partial charge on any atom is -0.496 e. The van der Waals surface area contributed by atoms with Crippen LogP contribution in [0.4, 0.5) is 13.2 Å². The van der Waals surface area contributed by atoms with E-state index < -0.39 is 17.5 Å². The van der Waals surface area contributed by atoms with Crippen LogP contribution in [0.25, 0.3) is 6.08 Å². The lowest BCUT2D eigenvalue weighted by Gasteiger charge is -2.13. The van der Waals surface area contributed by atoms with Crippen LogP contribution < -0.4 is 14.2 Å². The summed E-state index contributed by atoms with van der Waals surface area (Å²) in [6.07, 6.45) is -3.07. The van der Waals surface area contributed by atoms with Gasteiger partial charge in [0, 0.05) is 24.1 Å². The van der Waals surface area contributed by atoms with E-state index >= 15 is 0 Å². The van der Waals surface area contributed by atoms with Crippen LogP contribution in [0.15, 0.2) is 42.0 Å². The van der Waals surface area contributed by atoms with E-state index in [1.165, 1.54) is 44.6 Å². The van der Waals surface area contributed by atoms with Gasteiger partial charge in [-0.25, -0.2) is 0 Å². The molecule has 2 aromatic rings. The molecule has 0 spiro atoms. The van der Waals surface area contributed by atoms with E-state index in [0.29, 0.717) is 5.75 Å². The fourth-order valence-corrected chi connectivity index (χ4v) is 2.93. The van der Waals surface area contributed by atoms with Crippen LogP contribution in [0.3, 0.4) is 0 Å². The number of benzene rings is 2. The van der Waals surface area contributed by atoms with Gasteiger partial charge in [-0.2, -0.15) is 13.2 Å². The van der Waals surface area contributed by atoms with Gasteiger partial charge in [0.25, 0.3) is 0 Å². The van der Waals surface area contributed by atoms with Crippen LogP contribution in [-0.2, 0) is 6.18 Å². The van der Waals surface area contributed by atoms with Crippen molar-refractivity contribution in [2.24, 2.45) is 0 Å². The first kappa shape index (κ1) is 18.8. The molecule has 0 amide bonds. The molecule has 0 saturated heterocycles. The molecule has 4 nitrogen and oxygen atoms in total. The minimum atomic E-state index is -4.51. The number of carbonyl (C=O) groups is 1. The topological polar surface area (TPSA) is 44.8 Å². The van der Waals surface area contributed by atoms with Gasteiger partial charge in [-0.05, 0) is 17.7 Å². The van der Waals surface area contributed by atoms with Crippen LogP contribution in [0.5, 0.6) is 17.2 Å². The van der Waals surface area contributed by atoms with Crippen molar-refractivity contribution in [1.29, 1.82) is 0 Å². The summed E-state index contributed by atoms with van der Waals surface area (Å²) in [5, 5.41) is 0. The third kappa shape index (κ3) is 3.77. The first-order valence-electron chi connectivity index (χ1n) is 8.15. The van der Waals surface area contributed by atoms with Gasteiger partial charge in [-0.15, -0.1) is 0 Å². The Hall–Kier alpha value is -2.96. The Morgan fingerprint density at radius 3 is 2.52 bits per heavy atom.